The van der Waals surface area contributed by atoms with E-state index in [2.05, 4.69) is 4.98 Å². The predicted octanol–water partition coefficient (Wildman–Crippen LogP) is 2.83. The number of nitro benzene ring substituents is 1. The molecule has 1 heterocycles. The van der Waals surface area contributed by atoms with Gasteiger partial charge >= 0.3 is 0 Å². The minimum Gasteiger partial charge on any atom is -0.367 e. The Balaban J connectivity index is 2.33. The summed E-state index contributed by atoms with van der Waals surface area (Å²) in [5, 5.41) is 10.8. The maximum atomic E-state index is 11.2. The van der Waals surface area contributed by atoms with Crippen LogP contribution in [0.3, 0.4) is 0 Å². The third kappa shape index (κ3) is 3.42. The van der Waals surface area contributed by atoms with Gasteiger partial charge in [0.15, 0.2) is 6.29 Å². The molecule has 0 N–H and O–H groups in total. The van der Waals surface area contributed by atoms with Gasteiger partial charge in [0, 0.05) is 48.9 Å². The number of rotatable bonds is 6. The number of pyridine rings is 1. The molecule has 0 saturated heterocycles. The van der Waals surface area contributed by atoms with Gasteiger partial charge in [0.2, 0.25) is 0 Å². The van der Waals surface area contributed by atoms with Crippen molar-refractivity contribution in [1.29, 1.82) is 0 Å². The molecule has 0 unspecified atom stereocenters. The average Bonchev–Trinajstić information content (AvgIpc) is 2.53. The highest BCUT2D eigenvalue weighted by molar-refractivity contribution is 5.86. The van der Waals surface area contributed by atoms with Crippen LogP contribution in [-0.2, 0) is 6.54 Å². The van der Waals surface area contributed by atoms with Crippen LogP contribution in [0.4, 0.5) is 11.4 Å². The summed E-state index contributed by atoms with van der Waals surface area (Å²) < 4.78 is 0. The van der Waals surface area contributed by atoms with Crippen LogP contribution in [0.5, 0.6) is 0 Å². The number of aldehydes is 1. The highest BCUT2D eigenvalue weighted by Crippen LogP contribution is 2.25. The maximum Gasteiger partial charge on any atom is 0.270 e. The lowest BCUT2D eigenvalue weighted by atomic mass is 10.1. The summed E-state index contributed by atoms with van der Waals surface area (Å²) in [6, 6.07) is 8.13. The molecule has 0 aliphatic carbocycles. The van der Waals surface area contributed by atoms with Crippen molar-refractivity contribution in [2.75, 3.05) is 11.4 Å². The first kappa shape index (κ1) is 14.6. The molecule has 108 valence electrons. The zero-order valence-corrected chi connectivity index (χ0v) is 11.6. The van der Waals surface area contributed by atoms with E-state index in [1.54, 1.807) is 18.5 Å². The first-order chi connectivity index (χ1) is 10.2. The standard InChI is InChI=1S/C15H15N3O3/c1-2-17(10-12-5-7-16-8-6-12)15-4-3-14(18(20)21)9-13(15)11-19/h3-9,11H,2,10H2,1H3. The van der Waals surface area contributed by atoms with Gasteiger partial charge in [-0.25, -0.2) is 0 Å². The molecule has 0 saturated carbocycles. The molecule has 2 rings (SSSR count). The number of non-ortho nitro benzene ring substituents is 1. The van der Waals surface area contributed by atoms with Gasteiger partial charge in [-0.15, -0.1) is 0 Å². The first-order valence-corrected chi connectivity index (χ1v) is 6.53. The van der Waals surface area contributed by atoms with E-state index in [0.29, 0.717) is 30.6 Å². The third-order valence-corrected chi connectivity index (χ3v) is 3.19. The van der Waals surface area contributed by atoms with E-state index in [0.717, 1.165) is 5.56 Å². The third-order valence-electron chi connectivity index (χ3n) is 3.19. The van der Waals surface area contributed by atoms with Crippen LogP contribution in [0.15, 0.2) is 42.7 Å². The van der Waals surface area contributed by atoms with E-state index in [4.69, 9.17) is 0 Å². The molecule has 0 amide bonds. The van der Waals surface area contributed by atoms with Gasteiger partial charge < -0.3 is 4.90 Å². The lowest BCUT2D eigenvalue weighted by molar-refractivity contribution is -0.384. The Kier molecular flexibility index (Phi) is 4.61. The fraction of sp³-hybridized carbons (Fsp3) is 0.200. The number of carbonyl (C=O) groups is 1. The molecular formula is C15H15N3O3. The van der Waals surface area contributed by atoms with Crippen molar-refractivity contribution < 1.29 is 9.72 Å². The zero-order chi connectivity index (χ0) is 15.2. The Hall–Kier alpha value is -2.76. The molecule has 2 aromatic rings. The van der Waals surface area contributed by atoms with Gasteiger partial charge in [-0.05, 0) is 30.7 Å². The lowest BCUT2D eigenvalue weighted by Crippen LogP contribution is -2.23. The van der Waals surface area contributed by atoms with E-state index >= 15 is 0 Å². The van der Waals surface area contributed by atoms with Crippen LogP contribution in [0, 0.1) is 10.1 Å². The van der Waals surface area contributed by atoms with Crippen molar-refractivity contribution in [1.82, 2.24) is 4.98 Å². The van der Waals surface area contributed by atoms with Crippen molar-refractivity contribution >= 4 is 17.7 Å². The average molecular weight is 285 g/mol. The van der Waals surface area contributed by atoms with Crippen molar-refractivity contribution in [3.63, 3.8) is 0 Å². The van der Waals surface area contributed by atoms with Crippen LogP contribution in [0.1, 0.15) is 22.8 Å². The predicted molar refractivity (Wildman–Crippen MR) is 79.4 cm³/mol. The van der Waals surface area contributed by atoms with E-state index in [1.165, 1.54) is 12.1 Å². The van der Waals surface area contributed by atoms with E-state index in [1.807, 2.05) is 24.0 Å². The number of nitrogens with zero attached hydrogens (tertiary/aromatic N) is 3. The summed E-state index contributed by atoms with van der Waals surface area (Å²) in [6.45, 7) is 3.26. The SMILES string of the molecule is CCN(Cc1ccncc1)c1ccc([N+](=O)[O-])cc1C=O. The number of carbonyl (C=O) groups excluding carboxylic acids is 1. The number of hydrogen-bond donors (Lipinski definition) is 0. The Morgan fingerprint density at radius 3 is 2.57 bits per heavy atom. The lowest BCUT2D eigenvalue weighted by Gasteiger charge is -2.24. The molecule has 0 aliphatic rings. The fourth-order valence-electron chi connectivity index (χ4n) is 2.11. The monoisotopic (exact) mass is 285 g/mol. The number of benzene rings is 1. The minimum absolute atomic E-state index is 0.0826. The Morgan fingerprint density at radius 1 is 1.29 bits per heavy atom. The van der Waals surface area contributed by atoms with Gasteiger partial charge in [0.25, 0.3) is 5.69 Å². The smallest absolute Gasteiger partial charge is 0.270 e. The number of nitro groups is 1. The zero-order valence-electron chi connectivity index (χ0n) is 11.6. The molecule has 6 heteroatoms. The molecule has 0 bridgehead atoms. The van der Waals surface area contributed by atoms with Gasteiger partial charge in [0.05, 0.1) is 4.92 Å². The van der Waals surface area contributed by atoms with Crippen LogP contribution < -0.4 is 4.90 Å². The van der Waals surface area contributed by atoms with Crippen LogP contribution >= 0.6 is 0 Å². The van der Waals surface area contributed by atoms with Crippen LogP contribution in [0.2, 0.25) is 0 Å². The van der Waals surface area contributed by atoms with Gasteiger partial charge in [-0.1, -0.05) is 0 Å². The number of anilines is 1. The quantitative estimate of drug-likeness (QED) is 0.463. The van der Waals surface area contributed by atoms with Crippen molar-refractivity contribution in [3.8, 4) is 0 Å². The summed E-state index contributed by atoms with van der Waals surface area (Å²) in [6.07, 6.45) is 4.07. The first-order valence-electron chi connectivity index (χ1n) is 6.53. The van der Waals surface area contributed by atoms with Crippen LogP contribution in [-0.4, -0.2) is 22.7 Å². The Bertz CT molecular complexity index is 644. The molecule has 0 spiro atoms. The van der Waals surface area contributed by atoms with Gasteiger partial charge in [-0.3, -0.25) is 19.9 Å². The summed E-state index contributed by atoms with van der Waals surface area (Å²) in [7, 11) is 0. The summed E-state index contributed by atoms with van der Waals surface area (Å²) in [4.78, 5) is 27.4. The van der Waals surface area contributed by atoms with Crippen molar-refractivity contribution in [2.24, 2.45) is 0 Å². The van der Waals surface area contributed by atoms with Gasteiger partial charge in [0.1, 0.15) is 0 Å². The Morgan fingerprint density at radius 2 is 2.00 bits per heavy atom. The molecule has 6 nitrogen and oxygen atoms in total. The molecule has 1 aromatic heterocycles. The Labute approximate surface area is 122 Å². The summed E-state index contributed by atoms with van der Waals surface area (Å²) >= 11 is 0. The molecular weight excluding hydrogens is 270 g/mol. The second kappa shape index (κ2) is 6.60. The van der Waals surface area contributed by atoms with Crippen molar-refractivity contribution in [3.05, 3.63) is 64.0 Å². The molecule has 0 fully saturated rings. The number of hydrogen-bond acceptors (Lipinski definition) is 5. The van der Waals surface area contributed by atoms with Crippen molar-refractivity contribution in [2.45, 2.75) is 13.5 Å². The molecule has 0 aliphatic heterocycles. The largest absolute Gasteiger partial charge is 0.367 e. The summed E-state index contributed by atoms with van der Waals surface area (Å²) in [5.41, 5.74) is 1.98. The second-order valence-corrected chi connectivity index (χ2v) is 4.49. The summed E-state index contributed by atoms with van der Waals surface area (Å²) in [5.74, 6) is 0. The van der Waals surface area contributed by atoms with Gasteiger partial charge in [-0.2, -0.15) is 0 Å². The second-order valence-electron chi connectivity index (χ2n) is 4.49. The molecule has 1 aromatic carbocycles. The fourth-order valence-corrected chi connectivity index (χ4v) is 2.11. The van der Waals surface area contributed by atoms with Crippen LogP contribution in [0.25, 0.3) is 0 Å². The molecule has 21 heavy (non-hydrogen) atoms. The topological polar surface area (TPSA) is 76.3 Å². The maximum absolute atomic E-state index is 11.2. The highest BCUT2D eigenvalue weighted by Gasteiger charge is 2.14. The van der Waals surface area contributed by atoms with E-state index in [-0.39, 0.29) is 5.69 Å². The van der Waals surface area contributed by atoms with E-state index in [9.17, 15) is 14.9 Å². The molecule has 0 radical (unpaired) electrons. The normalized spacial score (nSPS) is 10.1. The van der Waals surface area contributed by atoms with E-state index < -0.39 is 4.92 Å². The molecule has 0 atom stereocenters. The highest BCUT2D eigenvalue weighted by atomic mass is 16.6. The number of aromatic nitrogens is 1. The minimum atomic E-state index is -0.504.